The molecule has 0 radical (unpaired) electrons. The van der Waals surface area contributed by atoms with Gasteiger partial charge in [0.15, 0.2) is 10.8 Å². The molecule has 1 aromatic rings. The lowest BCUT2D eigenvalue weighted by atomic mass is 10.1. The van der Waals surface area contributed by atoms with Gasteiger partial charge in [-0.15, -0.1) is 0 Å². The van der Waals surface area contributed by atoms with E-state index in [1.165, 1.54) is 0 Å². The number of esters is 1. The zero-order chi connectivity index (χ0) is 15.6. The van der Waals surface area contributed by atoms with Crippen molar-refractivity contribution in [2.24, 2.45) is 5.73 Å². The predicted molar refractivity (Wildman–Crippen MR) is 72.5 cm³/mol. The van der Waals surface area contributed by atoms with E-state index in [9.17, 15) is 18.0 Å². The molecule has 0 aromatic carbocycles. The zero-order valence-electron chi connectivity index (χ0n) is 11.4. The molecule has 0 atom stereocenters. The van der Waals surface area contributed by atoms with Crippen LogP contribution in [0.3, 0.4) is 0 Å². The lowest BCUT2D eigenvalue weighted by molar-refractivity contribution is -0.141. The molecule has 0 aliphatic carbocycles. The summed E-state index contributed by atoms with van der Waals surface area (Å²) < 4.78 is 43.6. The Morgan fingerprint density at radius 1 is 1.48 bits per heavy atom. The smallest absolute Gasteiger partial charge is 0.435 e. The van der Waals surface area contributed by atoms with E-state index in [0.717, 1.165) is 11.3 Å². The molecule has 9 heteroatoms. The molecule has 1 aliphatic rings. The van der Waals surface area contributed by atoms with Crippen LogP contribution in [0.5, 0.6) is 0 Å². The van der Waals surface area contributed by atoms with Crippen molar-refractivity contribution >= 4 is 22.4 Å². The van der Waals surface area contributed by atoms with E-state index in [1.807, 2.05) is 0 Å². The average Bonchev–Trinajstić information content (AvgIpc) is 2.85. The van der Waals surface area contributed by atoms with Crippen molar-refractivity contribution in [1.29, 1.82) is 0 Å². The molecule has 1 fully saturated rings. The normalized spacial score (nSPS) is 17.1. The first-order valence-corrected chi connectivity index (χ1v) is 7.40. The van der Waals surface area contributed by atoms with Gasteiger partial charge in [-0.3, -0.25) is 0 Å². The first kappa shape index (κ1) is 16.0. The number of nitrogens with zero attached hydrogens (tertiary/aromatic N) is 2. The van der Waals surface area contributed by atoms with Gasteiger partial charge in [0.1, 0.15) is 4.88 Å². The summed E-state index contributed by atoms with van der Waals surface area (Å²) in [7, 11) is 0. The summed E-state index contributed by atoms with van der Waals surface area (Å²) in [4.78, 5) is 16.5. The summed E-state index contributed by atoms with van der Waals surface area (Å²) in [6, 6.07) is 0.0628. The summed E-state index contributed by atoms with van der Waals surface area (Å²) in [5.74, 6) is -0.984. The number of hydrogen-bond acceptors (Lipinski definition) is 6. The van der Waals surface area contributed by atoms with Crippen LogP contribution in [-0.4, -0.2) is 36.7 Å². The SMILES string of the molecule is CCOC(=O)c1sc(N2CCC(N)CC2)nc1C(F)(F)F. The number of piperidine rings is 1. The van der Waals surface area contributed by atoms with Crippen LogP contribution in [0, 0.1) is 0 Å². The molecule has 0 bridgehead atoms. The van der Waals surface area contributed by atoms with Crippen LogP contribution in [0.15, 0.2) is 0 Å². The van der Waals surface area contributed by atoms with Gasteiger partial charge in [0, 0.05) is 19.1 Å². The number of nitrogens with two attached hydrogens (primary N) is 1. The third kappa shape index (κ3) is 3.65. The predicted octanol–water partition coefficient (Wildman–Crippen LogP) is 2.27. The Labute approximate surface area is 123 Å². The van der Waals surface area contributed by atoms with Gasteiger partial charge < -0.3 is 15.4 Å². The summed E-state index contributed by atoms with van der Waals surface area (Å²) in [5, 5.41) is 0.192. The first-order valence-electron chi connectivity index (χ1n) is 6.58. The van der Waals surface area contributed by atoms with Gasteiger partial charge in [0.25, 0.3) is 0 Å². The standard InChI is InChI=1S/C12H16F3N3O2S/c1-2-20-10(19)8-9(12(13,14)15)17-11(21-8)18-5-3-7(16)4-6-18/h7H,2-6,16H2,1H3. The van der Waals surface area contributed by atoms with Crippen molar-refractivity contribution in [3.8, 4) is 0 Å². The largest absolute Gasteiger partial charge is 0.462 e. The van der Waals surface area contributed by atoms with E-state index in [0.29, 0.717) is 25.9 Å². The van der Waals surface area contributed by atoms with Crippen LogP contribution in [0.1, 0.15) is 35.1 Å². The van der Waals surface area contributed by atoms with Crippen LogP contribution >= 0.6 is 11.3 Å². The van der Waals surface area contributed by atoms with E-state index >= 15 is 0 Å². The van der Waals surface area contributed by atoms with Crippen molar-refractivity contribution < 1.29 is 22.7 Å². The second kappa shape index (κ2) is 6.18. The fraction of sp³-hybridized carbons (Fsp3) is 0.667. The van der Waals surface area contributed by atoms with E-state index in [-0.39, 0.29) is 17.8 Å². The van der Waals surface area contributed by atoms with E-state index < -0.39 is 22.7 Å². The van der Waals surface area contributed by atoms with Gasteiger partial charge in [-0.25, -0.2) is 9.78 Å². The molecule has 0 saturated carbocycles. The minimum Gasteiger partial charge on any atom is -0.462 e. The van der Waals surface area contributed by atoms with Crippen molar-refractivity contribution in [2.45, 2.75) is 32.0 Å². The Kier molecular flexibility index (Phi) is 4.72. The summed E-state index contributed by atoms with van der Waals surface area (Å²) in [6.07, 6.45) is -3.30. The van der Waals surface area contributed by atoms with Crippen molar-refractivity contribution in [3.05, 3.63) is 10.6 Å². The fourth-order valence-corrected chi connectivity index (χ4v) is 3.09. The fourth-order valence-electron chi connectivity index (χ4n) is 2.06. The minimum absolute atomic E-state index is 0.0158. The van der Waals surface area contributed by atoms with Crippen LogP contribution in [0.25, 0.3) is 0 Å². The van der Waals surface area contributed by atoms with Gasteiger partial charge in [0.2, 0.25) is 0 Å². The maximum Gasteiger partial charge on any atom is 0.435 e. The molecule has 2 N–H and O–H groups in total. The van der Waals surface area contributed by atoms with Crippen LogP contribution in [0.2, 0.25) is 0 Å². The summed E-state index contributed by atoms with van der Waals surface area (Å²) >= 11 is 0.722. The Morgan fingerprint density at radius 2 is 2.10 bits per heavy atom. The molecule has 2 heterocycles. The molecule has 1 aromatic heterocycles. The van der Waals surface area contributed by atoms with E-state index in [1.54, 1.807) is 11.8 Å². The van der Waals surface area contributed by atoms with Crippen LogP contribution < -0.4 is 10.6 Å². The molecular formula is C12H16F3N3O2S. The maximum atomic E-state index is 13.0. The molecule has 0 amide bonds. The van der Waals surface area contributed by atoms with Gasteiger partial charge in [0.05, 0.1) is 6.61 Å². The second-order valence-corrected chi connectivity index (χ2v) is 5.69. The third-order valence-electron chi connectivity index (χ3n) is 3.16. The number of halogens is 3. The third-order valence-corrected chi connectivity index (χ3v) is 4.25. The molecule has 2 rings (SSSR count). The minimum atomic E-state index is -4.68. The van der Waals surface area contributed by atoms with E-state index in [4.69, 9.17) is 5.73 Å². The van der Waals surface area contributed by atoms with Crippen molar-refractivity contribution in [1.82, 2.24) is 4.98 Å². The Morgan fingerprint density at radius 3 is 2.62 bits per heavy atom. The summed E-state index contributed by atoms with van der Waals surface area (Å²) in [6.45, 7) is 2.63. The van der Waals surface area contributed by atoms with Crippen LogP contribution in [0.4, 0.5) is 18.3 Å². The zero-order valence-corrected chi connectivity index (χ0v) is 12.3. The number of alkyl halides is 3. The first-order chi connectivity index (χ1) is 9.82. The molecular weight excluding hydrogens is 307 g/mol. The highest BCUT2D eigenvalue weighted by Gasteiger charge is 2.41. The topological polar surface area (TPSA) is 68.5 Å². The number of carbonyl (C=O) groups excluding carboxylic acids is 1. The van der Waals surface area contributed by atoms with E-state index in [2.05, 4.69) is 9.72 Å². The number of rotatable bonds is 3. The number of aromatic nitrogens is 1. The monoisotopic (exact) mass is 323 g/mol. The highest BCUT2D eigenvalue weighted by atomic mass is 32.1. The van der Waals surface area contributed by atoms with Gasteiger partial charge in [-0.05, 0) is 19.8 Å². The quantitative estimate of drug-likeness (QED) is 0.864. The molecule has 5 nitrogen and oxygen atoms in total. The Hall–Kier alpha value is -1.35. The highest BCUT2D eigenvalue weighted by Crippen LogP contribution is 2.38. The average molecular weight is 323 g/mol. The Balaban J connectivity index is 2.30. The molecule has 1 aliphatic heterocycles. The number of hydrogen-bond donors (Lipinski definition) is 1. The molecule has 118 valence electrons. The maximum absolute atomic E-state index is 13.0. The van der Waals surface area contributed by atoms with Crippen molar-refractivity contribution in [3.63, 3.8) is 0 Å². The highest BCUT2D eigenvalue weighted by molar-refractivity contribution is 7.17. The molecule has 0 unspecified atom stereocenters. The lowest BCUT2D eigenvalue weighted by Crippen LogP contribution is -2.39. The number of carbonyl (C=O) groups is 1. The number of ether oxygens (including phenoxy) is 1. The van der Waals surface area contributed by atoms with Gasteiger partial charge >= 0.3 is 12.1 Å². The number of anilines is 1. The lowest BCUT2D eigenvalue weighted by Gasteiger charge is -2.29. The second-order valence-electron chi connectivity index (χ2n) is 4.72. The molecule has 21 heavy (non-hydrogen) atoms. The summed E-state index contributed by atoms with van der Waals surface area (Å²) in [5.41, 5.74) is 4.60. The molecule has 1 saturated heterocycles. The molecule has 0 spiro atoms. The van der Waals surface area contributed by atoms with Crippen molar-refractivity contribution in [2.75, 3.05) is 24.6 Å². The van der Waals surface area contributed by atoms with Gasteiger partial charge in [-0.2, -0.15) is 13.2 Å². The number of thiazole rings is 1. The van der Waals surface area contributed by atoms with Crippen LogP contribution in [-0.2, 0) is 10.9 Å². The van der Waals surface area contributed by atoms with Gasteiger partial charge in [-0.1, -0.05) is 11.3 Å². The Bertz CT molecular complexity index is 510.